The summed E-state index contributed by atoms with van der Waals surface area (Å²) < 4.78 is 5.76. The van der Waals surface area contributed by atoms with Crippen molar-refractivity contribution in [1.29, 1.82) is 0 Å². The maximum Gasteiger partial charge on any atom is 0.119 e. The van der Waals surface area contributed by atoms with Crippen LogP contribution in [0.2, 0.25) is 5.02 Å². The molecule has 112 valence electrons. The van der Waals surface area contributed by atoms with Crippen molar-refractivity contribution < 1.29 is 4.74 Å². The first-order chi connectivity index (χ1) is 9.86. The third-order valence-corrected chi connectivity index (χ3v) is 3.70. The van der Waals surface area contributed by atoms with Crippen LogP contribution in [-0.4, -0.2) is 6.61 Å². The van der Waals surface area contributed by atoms with E-state index in [1.54, 1.807) is 0 Å². The summed E-state index contributed by atoms with van der Waals surface area (Å²) in [6, 6.07) is 15.6. The highest BCUT2D eigenvalue weighted by Crippen LogP contribution is 2.24. The molecule has 0 fully saturated rings. The average Bonchev–Trinajstić information content (AvgIpc) is 2.45. The van der Waals surface area contributed by atoms with Crippen LogP contribution in [0, 0.1) is 0 Å². The van der Waals surface area contributed by atoms with Crippen LogP contribution in [0.1, 0.15) is 37.9 Å². The highest BCUT2D eigenvalue weighted by molar-refractivity contribution is 6.30. The zero-order valence-electron chi connectivity index (χ0n) is 12.8. The SMILES string of the molecule is CC(C)(C)c1ccc(OCC(N)c2ccc(Cl)cc2)cc1. The lowest BCUT2D eigenvalue weighted by molar-refractivity contribution is 0.290. The summed E-state index contributed by atoms with van der Waals surface area (Å²) >= 11 is 5.87. The summed E-state index contributed by atoms with van der Waals surface area (Å²) in [7, 11) is 0. The van der Waals surface area contributed by atoms with Gasteiger partial charge < -0.3 is 10.5 Å². The lowest BCUT2D eigenvalue weighted by atomic mass is 9.87. The van der Waals surface area contributed by atoms with E-state index in [0.717, 1.165) is 11.3 Å². The van der Waals surface area contributed by atoms with Crippen molar-refractivity contribution >= 4 is 11.6 Å². The molecule has 2 N–H and O–H groups in total. The Labute approximate surface area is 131 Å². The van der Waals surface area contributed by atoms with Gasteiger partial charge in [0.15, 0.2) is 0 Å². The van der Waals surface area contributed by atoms with Crippen molar-refractivity contribution in [3.8, 4) is 5.75 Å². The highest BCUT2D eigenvalue weighted by atomic mass is 35.5. The van der Waals surface area contributed by atoms with Crippen LogP contribution in [-0.2, 0) is 5.41 Å². The molecule has 1 atom stereocenters. The number of rotatable bonds is 4. The molecule has 1 unspecified atom stereocenters. The van der Waals surface area contributed by atoms with E-state index in [4.69, 9.17) is 22.1 Å². The first-order valence-electron chi connectivity index (χ1n) is 7.10. The topological polar surface area (TPSA) is 35.2 Å². The minimum absolute atomic E-state index is 0.151. The molecule has 0 aliphatic heterocycles. The van der Waals surface area contributed by atoms with Gasteiger partial charge in [-0.1, -0.05) is 56.6 Å². The molecular formula is C18H22ClNO. The normalized spacial score (nSPS) is 13.0. The van der Waals surface area contributed by atoms with E-state index in [2.05, 4.69) is 32.9 Å². The molecule has 0 heterocycles. The van der Waals surface area contributed by atoms with Gasteiger partial charge in [0, 0.05) is 5.02 Å². The van der Waals surface area contributed by atoms with Crippen molar-refractivity contribution in [2.75, 3.05) is 6.61 Å². The minimum atomic E-state index is -0.162. The molecule has 0 spiro atoms. The van der Waals surface area contributed by atoms with Gasteiger partial charge in [0.2, 0.25) is 0 Å². The third-order valence-electron chi connectivity index (χ3n) is 3.45. The summed E-state index contributed by atoms with van der Waals surface area (Å²) in [5.41, 5.74) is 8.58. The van der Waals surface area contributed by atoms with Gasteiger partial charge in [-0.3, -0.25) is 0 Å². The molecule has 0 aliphatic carbocycles. The lowest BCUT2D eigenvalue weighted by Gasteiger charge is -2.19. The number of hydrogen-bond acceptors (Lipinski definition) is 2. The summed E-state index contributed by atoms with van der Waals surface area (Å²) in [6.45, 7) is 7.02. The van der Waals surface area contributed by atoms with Gasteiger partial charge in [-0.2, -0.15) is 0 Å². The maximum atomic E-state index is 6.12. The predicted octanol–water partition coefficient (Wildman–Crippen LogP) is 4.72. The van der Waals surface area contributed by atoms with Crippen LogP contribution in [0.5, 0.6) is 5.75 Å². The van der Waals surface area contributed by atoms with Crippen molar-refractivity contribution in [3.63, 3.8) is 0 Å². The summed E-state index contributed by atoms with van der Waals surface area (Å²) in [4.78, 5) is 0. The Hall–Kier alpha value is -1.51. The molecule has 0 radical (unpaired) electrons. The van der Waals surface area contributed by atoms with E-state index in [0.29, 0.717) is 11.6 Å². The predicted molar refractivity (Wildman–Crippen MR) is 89.0 cm³/mol. The Bertz CT molecular complexity index is 570. The van der Waals surface area contributed by atoms with Crippen LogP contribution < -0.4 is 10.5 Å². The largest absolute Gasteiger partial charge is 0.492 e. The number of ether oxygens (including phenoxy) is 1. The van der Waals surface area contributed by atoms with Crippen molar-refractivity contribution in [1.82, 2.24) is 0 Å². The summed E-state index contributed by atoms with van der Waals surface area (Å²) in [6.07, 6.45) is 0. The molecule has 3 heteroatoms. The summed E-state index contributed by atoms with van der Waals surface area (Å²) in [5, 5.41) is 0.713. The van der Waals surface area contributed by atoms with E-state index < -0.39 is 0 Å². The van der Waals surface area contributed by atoms with E-state index in [9.17, 15) is 0 Å². The van der Waals surface area contributed by atoms with Crippen LogP contribution in [0.15, 0.2) is 48.5 Å². The number of nitrogens with two attached hydrogens (primary N) is 1. The second-order valence-corrected chi connectivity index (χ2v) is 6.68. The quantitative estimate of drug-likeness (QED) is 0.887. The second-order valence-electron chi connectivity index (χ2n) is 6.24. The Kier molecular flexibility index (Phi) is 4.92. The van der Waals surface area contributed by atoms with E-state index in [1.165, 1.54) is 5.56 Å². The Morgan fingerprint density at radius 3 is 2.10 bits per heavy atom. The molecule has 0 amide bonds. The molecule has 0 aromatic heterocycles. The van der Waals surface area contributed by atoms with Gasteiger partial charge >= 0.3 is 0 Å². The van der Waals surface area contributed by atoms with Crippen molar-refractivity contribution in [3.05, 3.63) is 64.7 Å². The van der Waals surface area contributed by atoms with Crippen LogP contribution in [0.4, 0.5) is 0 Å². The van der Waals surface area contributed by atoms with Gasteiger partial charge in [-0.05, 0) is 40.8 Å². The van der Waals surface area contributed by atoms with Gasteiger partial charge in [0.05, 0.1) is 6.04 Å². The maximum absolute atomic E-state index is 6.12. The second kappa shape index (κ2) is 6.50. The van der Waals surface area contributed by atoms with Gasteiger partial charge in [0.25, 0.3) is 0 Å². The minimum Gasteiger partial charge on any atom is -0.492 e. The molecule has 21 heavy (non-hydrogen) atoms. The molecule has 2 rings (SSSR count). The molecule has 2 aromatic carbocycles. The molecule has 0 bridgehead atoms. The smallest absolute Gasteiger partial charge is 0.119 e. The molecule has 0 aliphatic rings. The fourth-order valence-corrected chi connectivity index (χ4v) is 2.17. The standard InChI is InChI=1S/C18H22ClNO/c1-18(2,3)14-6-10-16(11-7-14)21-12-17(20)13-4-8-15(19)9-5-13/h4-11,17H,12,20H2,1-3H3. The number of benzene rings is 2. The number of hydrogen-bond donors (Lipinski definition) is 1. The average molecular weight is 304 g/mol. The van der Waals surface area contributed by atoms with E-state index in [-0.39, 0.29) is 11.5 Å². The zero-order valence-corrected chi connectivity index (χ0v) is 13.5. The molecule has 0 saturated heterocycles. The monoisotopic (exact) mass is 303 g/mol. The lowest BCUT2D eigenvalue weighted by Crippen LogP contribution is -2.19. The van der Waals surface area contributed by atoms with Gasteiger partial charge in [0.1, 0.15) is 12.4 Å². The van der Waals surface area contributed by atoms with Crippen molar-refractivity contribution in [2.45, 2.75) is 32.2 Å². The Morgan fingerprint density at radius 1 is 1.00 bits per heavy atom. The Morgan fingerprint density at radius 2 is 1.57 bits per heavy atom. The first kappa shape index (κ1) is 15.9. The molecular weight excluding hydrogens is 282 g/mol. The van der Waals surface area contributed by atoms with E-state index in [1.807, 2.05) is 36.4 Å². The van der Waals surface area contributed by atoms with Crippen molar-refractivity contribution in [2.24, 2.45) is 5.73 Å². The highest BCUT2D eigenvalue weighted by Gasteiger charge is 2.13. The van der Waals surface area contributed by atoms with Crippen LogP contribution in [0.3, 0.4) is 0 Å². The fraction of sp³-hybridized carbons (Fsp3) is 0.333. The van der Waals surface area contributed by atoms with E-state index >= 15 is 0 Å². The third kappa shape index (κ3) is 4.48. The molecule has 2 nitrogen and oxygen atoms in total. The van der Waals surface area contributed by atoms with Gasteiger partial charge in [-0.15, -0.1) is 0 Å². The van der Waals surface area contributed by atoms with Gasteiger partial charge in [-0.25, -0.2) is 0 Å². The Balaban J connectivity index is 1.95. The van der Waals surface area contributed by atoms with Crippen LogP contribution in [0.25, 0.3) is 0 Å². The zero-order chi connectivity index (χ0) is 15.5. The number of halogens is 1. The first-order valence-corrected chi connectivity index (χ1v) is 7.48. The molecule has 0 saturated carbocycles. The molecule has 2 aromatic rings. The fourth-order valence-electron chi connectivity index (χ4n) is 2.04. The summed E-state index contributed by atoms with van der Waals surface area (Å²) in [5.74, 6) is 0.840. The van der Waals surface area contributed by atoms with Crippen LogP contribution >= 0.6 is 11.6 Å².